The van der Waals surface area contributed by atoms with Crippen LogP contribution in [-0.2, 0) is 25.3 Å². The number of hydrogen-bond acceptors (Lipinski definition) is 5. The number of ether oxygens (including phenoxy) is 1. The quantitative estimate of drug-likeness (QED) is 0.775. The number of carbonyl (C=O) groups excluding carboxylic acids is 1. The highest BCUT2D eigenvalue weighted by Gasteiger charge is 2.39. The molecule has 0 spiro atoms. The first kappa shape index (κ1) is 15.5. The second-order valence-electron chi connectivity index (χ2n) is 4.86. The summed E-state index contributed by atoms with van der Waals surface area (Å²) in [6.07, 6.45) is 1.11. The van der Waals surface area contributed by atoms with Crippen LogP contribution in [0.4, 0.5) is 0 Å². The second-order valence-corrected chi connectivity index (χ2v) is 6.78. The molecule has 6 nitrogen and oxygen atoms in total. The molecule has 0 N–H and O–H groups in total. The summed E-state index contributed by atoms with van der Waals surface area (Å²) in [7, 11) is -2.37. The van der Waals surface area contributed by atoms with Gasteiger partial charge in [-0.1, -0.05) is 12.1 Å². The Hall–Kier alpha value is -1.91. The molecule has 0 aliphatic carbocycles. The van der Waals surface area contributed by atoms with Gasteiger partial charge in [-0.3, -0.25) is 4.79 Å². The average Bonchev–Trinajstić information content (AvgIpc) is 2.96. The van der Waals surface area contributed by atoms with Gasteiger partial charge in [0, 0.05) is 6.54 Å². The van der Waals surface area contributed by atoms with Crippen LogP contribution in [0.15, 0.2) is 24.3 Å². The molecule has 0 saturated carbocycles. The fourth-order valence-corrected chi connectivity index (χ4v) is 4.22. The van der Waals surface area contributed by atoms with Gasteiger partial charge in [0.2, 0.25) is 10.0 Å². The summed E-state index contributed by atoms with van der Waals surface area (Å²) in [4.78, 5) is 11.7. The zero-order chi connectivity index (χ0) is 15.5. The molecule has 1 heterocycles. The van der Waals surface area contributed by atoms with E-state index in [9.17, 15) is 13.2 Å². The molecule has 21 heavy (non-hydrogen) atoms. The molecule has 112 valence electrons. The third-order valence-corrected chi connectivity index (χ3v) is 5.29. The van der Waals surface area contributed by atoms with Gasteiger partial charge in [-0.25, -0.2) is 8.42 Å². The standard InChI is InChI=1S/C14H16N2O4S/c1-20-14(17)13-6-3-7-16(13)21(18,19)10-12-5-2-4-11(8-12)9-15/h2,4-5,8,13H,3,6-7,10H2,1H3. The maximum absolute atomic E-state index is 12.5. The minimum absolute atomic E-state index is 0.226. The largest absolute Gasteiger partial charge is 0.468 e. The van der Waals surface area contributed by atoms with E-state index in [0.717, 1.165) is 0 Å². The molecule has 2 rings (SSSR count). The number of benzene rings is 1. The van der Waals surface area contributed by atoms with E-state index >= 15 is 0 Å². The highest BCUT2D eigenvalue weighted by molar-refractivity contribution is 7.88. The second kappa shape index (κ2) is 6.24. The average molecular weight is 308 g/mol. The number of esters is 1. The number of nitriles is 1. The molecule has 7 heteroatoms. The number of sulfonamides is 1. The lowest BCUT2D eigenvalue weighted by Crippen LogP contribution is -2.41. The molecule has 1 aliphatic rings. The van der Waals surface area contributed by atoms with E-state index in [2.05, 4.69) is 4.74 Å². The minimum Gasteiger partial charge on any atom is -0.468 e. The number of carbonyl (C=O) groups is 1. The molecule has 1 saturated heterocycles. The first-order valence-corrected chi connectivity index (χ1v) is 8.15. The van der Waals surface area contributed by atoms with Crippen molar-refractivity contribution in [1.29, 1.82) is 5.26 Å². The molecule has 1 unspecified atom stereocenters. The lowest BCUT2D eigenvalue weighted by atomic mass is 10.2. The van der Waals surface area contributed by atoms with E-state index < -0.39 is 22.0 Å². The Kier molecular flexibility index (Phi) is 4.60. The van der Waals surface area contributed by atoms with Gasteiger partial charge in [0.1, 0.15) is 6.04 Å². The molecule has 1 aromatic rings. The molecule has 1 aromatic carbocycles. The summed E-state index contributed by atoms with van der Waals surface area (Å²) in [5, 5.41) is 8.85. The predicted molar refractivity (Wildman–Crippen MR) is 75.5 cm³/mol. The van der Waals surface area contributed by atoms with Gasteiger partial charge in [-0.15, -0.1) is 0 Å². The Morgan fingerprint density at radius 3 is 2.95 bits per heavy atom. The van der Waals surface area contributed by atoms with Crippen LogP contribution in [0.3, 0.4) is 0 Å². The maximum Gasteiger partial charge on any atom is 0.324 e. The van der Waals surface area contributed by atoms with Crippen LogP contribution in [0.25, 0.3) is 0 Å². The van der Waals surface area contributed by atoms with Gasteiger partial charge in [0.25, 0.3) is 0 Å². The smallest absolute Gasteiger partial charge is 0.324 e. The van der Waals surface area contributed by atoms with Crippen molar-refractivity contribution < 1.29 is 17.9 Å². The number of methoxy groups -OCH3 is 1. The first-order chi connectivity index (χ1) is 9.97. The van der Waals surface area contributed by atoms with Crippen LogP contribution in [0.5, 0.6) is 0 Å². The Morgan fingerprint density at radius 2 is 2.29 bits per heavy atom. The van der Waals surface area contributed by atoms with Crippen LogP contribution in [0, 0.1) is 11.3 Å². The van der Waals surface area contributed by atoms with Crippen LogP contribution in [-0.4, -0.2) is 38.4 Å². The van der Waals surface area contributed by atoms with Crippen LogP contribution in [0.1, 0.15) is 24.0 Å². The normalized spacial score (nSPS) is 19.1. The Balaban J connectivity index is 2.21. The number of rotatable bonds is 4. The summed E-state index contributed by atoms with van der Waals surface area (Å²) in [6, 6.07) is 7.69. The van der Waals surface area contributed by atoms with Crippen molar-refractivity contribution in [2.45, 2.75) is 24.6 Å². The van der Waals surface area contributed by atoms with E-state index in [1.165, 1.54) is 11.4 Å². The Bertz CT molecular complexity index is 678. The van der Waals surface area contributed by atoms with Crippen molar-refractivity contribution in [1.82, 2.24) is 4.31 Å². The molecule has 1 atom stereocenters. The third-order valence-electron chi connectivity index (χ3n) is 3.44. The van der Waals surface area contributed by atoms with E-state index in [-0.39, 0.29) is 5.75 Å². The van der Waals surface area contributed by atoms with E-state index in [4.69, 9.17) is 5.26 Å². The van der Waals surface area contributed by atoms with E-state index in [1.807, 2.05) is 6.07 Å². The monoisotopic (exact) mass is 308 g/mol. The molecule has 1 fully saturated rings. The van der Waals surface area contributed by atoms with Gasteiger partial charge in [0.05, 0.1) is 24.5 Å². The summed E-state index contributed by atoms with van der Waals surface area (Å²) >= 11 is 0. The zero-order valence-corrected chi connectivity index (χ0v) is 12.5. The summed E-state index contributed by atoms with van der Waals surface area (Å²) in [5.41, 5.74) is 0.943. The number of nitrogens with zero attached hydrogens (tertiary/aromatic N) is 2. The van der Waals surface area contributed by atoms with Gasteiger partial charge >= 0.3 is 5.97 Å². The lowest BCUT2D eigenvalue weighted by molar-refractivity contribution is -0.144. The van der Waals surface area contributed by atoms with Crippen LogP contribution in [0.2, 0.25) is 0 Å². The summed E-state index contributed by atoms with van der Waals surface area (Å²) in [6.45, 7) is 0.319. The highest BCUT2D eigenvalue weighted by Crippen LogP contribution is 2.24. The van der Waals surface area contributed by atoms with Crippen molar-refractivity contribution >= 4 is 16.0 Å². The van der Waals surface area contributed by atoms with Crippen molar-refractivity contribution in [3.8, 4) is 6.07 Å². The molecule has 0 radical (unpaired) electrons. The van der Waals surface area contributed by atoms with Crippen molar-refractivity contribution in [3.63, 3.8) is 0 Å². The molecule has 0 aromatic heterocycles. The molecule has 0 bridgehead atoms. The first-order valence-electron chi connectivity index (χ1n) is 6.54. The van der Waals surface area contributed by atoms with E-state index in [1.54, 1.807) is 24.3 Å². The SMILES string of the molecule is COC(=O)C1CCCN1S(=O)(=O)Cc1cccc(C#N)c1. The summed E-state index contributed by atoms with van der Waals surface area (Å²) < 4.78 is 30.8. The zero-order valence-electron chi connectivity index (χ0n) is 11.7. The third kappa shape index (κ3) is 3.40. The minimum atomic E-state index is -3.62. The van der Waals surface area contributed by atoms with Crippen LogP contribution >= 0.6 is 0 Å². The fourth-order valence-electron chi connectivity index (χ4n) is 2.47. The van der Waals surface area contributed by atoms with Gasteiger partial charge in [-0.2, -0.15) is 9.57 Å². The fraction of sp³-hybridized carbons (Fsp3) is 0.429. The van der Waals surface area contributed by atoms with Crippen molar-refractivity contribution in [2.24, 2.45) is 0 Å². The van der Waals surface area contributed by atoms with Crippen molar-refractivity contribution in [2.75, 3.05) is 13.7 Å². The van der Waals surface area contributed by atoms with Gasteiger partial charge in [0.15, 0.2) is 0 Å². The van der Waals surface area contributed by atoms with Crippen molar-refractivity contribution in [3.05, 3.63) is 35.4 Å². The molecule has 1 aliphatic heterocycles. The Morgan fingerprint density at radius 1 is 1.52 bits per heavy atom. The molecule has 0 amide bonds. The maximum atomic E-state index is 12.5. The Labute approximate surface area is 124 Å². The van der Waals surface area contributed by atoms with Gasteiger partial charge < -0.3 is 4.74 Å². The highest BCUT2D eigenvalue weighted by atomic mass is 32.2. The predicted octanol–water partition coefficient (Wildman–Crippen LogP) is 1.03. The van der Waals surface area contributed by atoms with Crippen LogP contribution < -0.4 is 0 Å². The van der Waals surface area contributed by atoms with Gasteiger partial charge in [-0.05, 0) is 30.5 Å². The topological polar surface area (TPSA) is 87.5 Å². The number of hydrogen-bond donors (Lipinski definition) is 0. The molecular formula is C14H16N2O4S. The summed E-state index contributed by atoms with van der Waals surface area (Å²) in [5.74, 6) is -0.752. The van der Waals surface area contributed by atoms with E-state index in [0.29, 0.717) is 30.5 Å². The lowest BCUT2D eigenvalue weighted by Gasteiger charge is -2.22. The molecular weight excluding hydrogens is 292 g/mol.